The van der Waals surface area contributed by atoms with E-state index in [4.69, 9.17) is 16.7 Å². The number of phosphoric acid groups is 2. The Balaban J connectivity index is -0.0000000883. The molecule has 15 heavy (non-hydrogen) atoms. The van der Waals surface area contributed by atoms with Crippen molar-refractivity contribution in [2.75, 3.05) is 12.5 Å². The van der Waals surface area contributed by atoms with Crippen LogP contribution in [0.5, 0.6) is 0 Å². The van der Waals surface area contributed by atoms with E-state index in [1.165, 1.54) is 0 Å². The van der Waals surface area contributed by atoms with Gasteiger partial charge in [0.1, 0.15) is 0 Å². The van der Waals surface area contributed by atoms with Crippen molar-refractivity contribution in [2.45, 2.75) is 0 Å². The molecule has 13 heteroatoms. The fourth-order valence-electron chi connectivity index (χ4n) is 0.122. The molecule has 0 rings (SSSR count). The normalized spacial score (nSPS) is 10.3. The van der Waals surface area contributed by atoms with Crippen molar-refractivity contribution in [1.82, 2.24) is 0 Å². The van der Waals surface area contributed by atoms with E-state index in [1.54, 1.807) is 0 Å². The Hall–Kier alpha value is 2.04. The van der Waals surface area contributed by atoms with Crippen LogP contribution in [0.1, 0.15) is 0 Å². The third kappa shape index (κ3) is 38.7. The van der Waals surface area contributed by atoms with Gasteiger partial charge in [-0.05, 0) is 0 Å². The second-order valence-corrected chi connectivity index (χ2v) is 4.21. The number of hydrogen-bond donors (Lipinski definition) is 1. The number of aliphatic hydroxyl groups is 1. The Kier molecular flexibility index (Phi) is 21.5. The molecule has 0 atom stereocenters. The monoisotopic (exact) mass is 302 g/mol. The van der Waals surface area contributed by atoms with E-state index in [-0.39, 0.29) is 52.7 Å². The molecule has 82 valence electrons. The van der Waals surface area contributed by atoms with Crippen LogP contribution in [0.3, 0.4) is 0 Å². The van der Waals surface area contributed by atoms with E-state index in [0.717, 1.165) is 0 Å². The molecule has 1 N–H and O–H groups in total. The molecule has 0 saturated carbocycles. The molecule has 0 aromatic rings. The molecule has 0 unspecified atom stereocenters. The van der Waals surface area contributed by atoms with Crippen LogP contribution in [-0.2, 0) is 13.4 Å². The SMILES string of the molecule is O=P([O-])([O-])OP(=O)([O-])[O-].OCCCl.[Mg+2].[Mg+2]. The van der Waals surface area contributed by atoms with Gasteiger partial charge in [0.2, 0.25) is 0 Å². The predicted molar refractivity (Wildman–Crippen MR) is 45.6 cm³/mol. The van der Waals surface area contributed by atoms with Gasteiger partial charge in [-0.3, -0.25) is 0 Å². The van der Waals surface area contributed by atoms with E-state index in [9.17, 15) is 28.7 Å². The molecule has 0 aromatic carbocycles. The van der Waals surface area contributed by atoms with Gasteiger partial charge in [-0.2, -0.15) is 0 Å². The summed E-state index contributed by atoms with van der Waals surface area (Å²) >= 11 is 4.94. The zero-order valence-electron chi connectivity index (χ0n) is 7.41. The Morgan fingerprint density at radius 1 is 1.07 bits per heavy atom. The summed E-state index contributed by atoms with van der Waals surface area (Å²) in [5.74, 6) is 0.347. The number of halogens is 1. The molecule has 0 aromatic heterocycles. The van der Waals surface area contributed by atoms with Crippen LogP contribution in [0.25, 0.3) is 0 Å². The van der Waals surface area contributed by atoms with Gasteiger partial charge in [0.15, 0.2) is 0 Å². The average molecular weight is 303 g/mol. The van der Waals surface area contributed by atoms with Crippen LogP contribution in [0.4, 0.5) is 0 Å². The Bertz CT molecular complexity index is 191. The third-order valence-corrected chi connectivity index (χ3v) is 2.05. The molecule has 0 bridgehead atoms. The van der Waals surface area contributed by atoms with Crippen LogP contribution in [-0.4, -0.2) is 63.7 Å². The average Bonchev–Trinajstić information content (AvgIpc) is 1.80. The fourth-order valence-corrected chi connectivity index (χ4v) is 1.10. The molecule has 0 spiro atoms. The Morgan fingerprint density at radius 3 is 1.27 bits per heavy atom. The summed E-state index contributed by atoms with van der Waals surface area (Å²) < 4.78 is 21.2. The van der Waals surface area contributed by atoms with E-state index in [0.29, 0.717) is 5.88 Å². The third-order valence-electron chi connectivity index (χ3n) is 0.285. The van der Waals surface area contributed by atoms with Gasteiger partial charge >= 0.3 is 46.1 Å². The van der Waals surface area contributed by atoms with Gasteiger partial charge in [-0.25, -0.2) is 0 Å². The smallest absolute Gasteiger partial charge is 0.790 e. The summed E-state index contributed by atoms with van der Waals surface area (Å²) in [5, 5.41) is 7.74. The second kappa shape index (κ2) is 12.5. The largest absolute Gasteiger partial charge is 2.00 e. The Morgan fingerprint density at radius 2 is 1.27 bits per heavy atom. The first-order valence-electron chi connectivity index (χ1n) is 2.54. The minimum atomic E-state index is -5.68. The van der Waals surface area contributed by atoms with E-state index in [2.05, 4.69) is 4.31 Å². The molecule has 0 aliphatic heterocycles. The van der Waals surface area contributed by atoms with E-state index < -0.39 is 15.6 Å². The molecule has 0 aliphatic carbocycles. The number of rotatable bonds is 3. The molecular formula is C2H5ClMg2O8P2. The summed E-state index contributed by atoms with van der Waals surface area (Å²) in [4.78, 5) is 37.3. The van der Waals surface area contributed by atoms with Crippen LogP contribution in [0.2, 0.25) is 0 Å². The first-order chi connectivity index (χ1) is 5.62. The molecule has 0 aliphatic rings. The Labute approximate surface area is 123 Å². The van der Waals surface area contributed by atoms with Gasteiger partial charge in [0, 0.05) is 5.88 Å². The molecule has 0 heterocycles. The topological polar surface area (TPSA) is 156 Å². The molecule has 0 radical (unpaired) electrons. The van der Waals surface area contributed by atoms with Gasteiger partial charge in [-0.15, -0.1) is 11.6 Å². The summed E-state index contributed by atoms with van der Waals surface area (Å²) in [6, 6.07) is 0. The number of aliphatic hydroxyl groups excluding tert-OH is 1. The van der Waals surface area contributed by atoms with Crippen molar-refractivity contribution in [3.05, 3.63) is 0 Å². The second-order valence-electron chi connectivity index (χ2n) is 1.39. The zero-order valence-corrected chi connectivity index (χ0v) is 12.8. The van der Waals surface area contributed by atoms with Gasteiger partial charge in [0.25, 0.3) is 0 Å². The van der Waals surface area contributed by atoms with Crippen LogP contribution < -0.4 is 19.6 Å². The maximum atomic E-state index is 9.32. The van der Waals surface area contributed by atoms with E-state index in [1.807, 2.05) is 0 Å². The molecule has 0 saturated heterocycles. The first kappa shape index (κ1) is 25.8. The van der Waals surface area contributed by atoms with E-state index >= 15 is 0 Å². The van der Waals surface area contributed by atoms with Crippen molar-refractivity contribution >= 4 is 73.4 Å². The van der Waals surface area contributed by atoms with Crippen LogP contribution in [0, 0.1) is 0 Å². The minimum absolute atomic E-state index is 0. The van der Waals surface area contributed by atoms with Crippen molar-refractivity contribution in [3.8, 4) is 0 Å². The van der Waals surface area contributed by atoms with Gasteiger partial charge in [-0.1, -0.05) is 0 Å². The zero-order chi connectivity index (χ0) is 11.1. The quantitative estimate of drug-likeness (QED) is 0.315. The maximum absolute atomic E-state index is 9.32. The first-order valence-corrected chi connectivity index (χ1v) is 6.00. The van der Waals surface area contributed by atoms with Gasteiger partial charge < -0.3 is 38.1 Å². The number of hydrogen-bond acceptors (Lipinski definition) is 8. The van der Waals surface area contributed by atoms with Crippen molar-refractivity contribution in [3.63, 3.8) is 0 Å². The van der Waals surface area contributed by atoms with Crippen LogP contribution >= 0.6 is 27.2 Å². The molecular weight excluding hydrogens is 298 g/mol. The summed E-state index contributed by atoms with van der Waals surface area (Å²) in [6.45, 7) is 0.0849. The fraction of sp³-hybridized carbons (Fsp3) is 1.00. The van der Waals surface area contributed by atoms with Crippen molar-refractivity contribution in [1.29, 1.82) is 0 Å². The summed E-state index contributed by atoms with van der Waals surface area (Å²) in [5.41, 5.74) is 0. The van der Waals surface area contributed by atoms with Crippen LogP contribution in [0.15, 0.2) is 0 Å². The minimum Gasteiger partial charge on any atom is -0.790 e. The summed E-state index contributed by atoms with van der Waals surface area (Å²) in [7, 11) is -11.4. The molecule has 0 fully saturated rings. The van der Waals surface area contributed by atoms with Crippen molar-refractivity contribution in [2.24, 2.45) is 0 Å². The standard InChI is InChI=1S/C2H5ClO.2Mg.H4O7P2/c3-1-2-4;;;1-8(2,3)7-9(4,5)6/h4H,1-2H2;;;(H2,1,2,3)(H2,4,5,6)/q;2*+2;/p-4. The van der Waals surface area contributed by atoms with Gasteiger partial charge in [0.05, 0.1) is 22.3 Å². The predicted octanol–water partition coefficient (Wildman–Crippen LogP) is -3.88. The molecule has 8 nitrogen and oxygen atoms in total. The number of alkyl halides is 1. The maximum Gasteiger partial charge on any atom is 2.00 e. The molecule has 0 amide bonds. The van der Waals surface area contributed by atoms with Crippen molar-refractivity contribution < 1.29 is 38.1 Å². The summed E-state index contributed by atoms with van der Waals surface area (Å²) in [6.07, 6.45) is 0.